The molecule has 0 bridgehead atoms. The topological polar surface area (TPSA) is 69.2 Å². The van der Waals surface area contributed by atoms with E-state index in [4.69, 9.17) is 14.2 Å². The Bertz CT molecular complexity index is 930. The Morgan fingerprint density at radius 1 is 1.00 bits per heavy atom. The monoisotopic (exact) mass is 537 g/mol. The summed E-state index contributed by atoms with van der Waals surface area (Å²) in [5.74, 6) is 1.25. The molecule has 31 heavy (non-hydrogen) atoms. The minimum absolute atomic E-state index is 0.132. The number of aryl methyl sites for hydroxylation is 2. The van der Waals surface area contributed by atoms with Gasteiger partial charge in [0, 0.05) is 0 Å². The van der Waals surface area contributed by atoms with Crippen molar-refractivity contribution in [3.8, 4) is 11.5 Å². The summed E-state index contributed by atoms with van der Waals surface area (Å²) in [4.78, 5) is 13.0. The molecule has 0 aliphatic heterocycles. The van der Waals surface area contributed by atoms with Crippen molar-refractivity contribution in [3.63, 3.8) is 0 Å². The van der Waals surface area contributed by atoms with Crippen LogP contribution in [0.1, 0.15) is 35.1 Å². The summed E-state index contributed by atoms with van der Waals surface area (Å²) in [6, 6.07) is 12.1. The summed E-state index contributed by atoms with van der Waals surface area (Å²) in [5, 5.41) is 3.04. The van der Waals surface area contributed by atoms with Gasteiger partial charge in [0.05, 0.1) is 0 Å². The molecular formula is C24H30IN2O4-. The van der Waals surface area contributed by atoms with Crippen LogP contribution in [0.3, 0.4) is 0 Å². The molecule has 3 rings (SSSR count). The zero-order chi connectivity index (χ0) is 22.1. The SMILES string of the molecule is COC[I-]N=C(C(=O)NCCc1ccc(OC)c(OC)c1)c1ccc2c(c1)CCCC2. The Morgan fingerprint density at radius 3 is 2.52 bits per heavy atom. The molecule has 1 aliphatic rings. The van der Waals surface area contributed by atoms with Gasteiger partial charge in [0.15, 0.2) is 0 Å². The number of amides is 1. The Hall–Kier alpha value is -2.13. The molecule has 0 aromatic heterocycles. The number of rotatable bonds is 10. The van der Waals surface area contributed by atoms with Crippen molar-refractivity contribution in [2.24, 2.45) is 3.21 Å². The van der Waals surface area contributed by atoms with Crippen LogP contribution in [-0.4, -0.2) is 44.1 Å². The van der Waals surface area contributed by atoms with E-state index >= 15 is 0 Å². The summed E-state index contributed by atoms with van der Waals surface area (Å²) in [6.07, 6.45) is 5.33. The first-order valence-electron chi connectivity index (χ1n) is 10.4. The average molecular weight is 537 g/mol. The van der Waals surface area contributed by atoms with Crippen LogP contribution >= 0.6 is 0 Å². The zero-order valence-electron chi connectivity index (χ0n) is 18.4. The number of alkyl halides is 1. The second-order valence-electron chi connectivity index (χ2n) is 7.34. The van der Waals surface area contributed by atoms with Gasteiger partial charge >= 0.3 is 195 Å². The Labute approximate surface area is 195 Å². The molecule has 0 saturated carbocycles. The standard InChI is InChI=1S/C24H30IN2O4/c1-29-16-25-27-23(20-10-9-18-6-4-5-7-19(18)15-20)24(28)26-13-12-17-8-11-21(30-2)22(14-17)31-3/h8-11,14-15H,4-7,12-13,16H2,1-3H3,(H,26,28)/q-1. The fraction of sp³-hybridized carbons (Fsp3) is 0.417. The first kappa shape index (κ1) is 23.5. The Balaban J connectivity index is 1.68. The second kappa shape index (κ2) is 12.0. The van der Waals surface area contributed by atoms with E-state index in [0.717, 1.165) is 24.0 Å². The van der Waals surface area contributed by atoms with E-state index in [9.17, 15) is 4.79 Å². The Morgan fingerprint density at radius 2 is 1.77 bits per heavy atom. The summed E-state index contributed by atoms with van der Waals surface area (Å²) in [7, 11) is 4.90. The van der Waals surface area contributed by atoms with E-state index in [1.165, 1.54) is 24.0 Å². The van der Waals surface area contributed by atoms with E-state index in [1.54, 1.807) is 21.3 Å². The van der Waals surface area contributed by atoms with Crippen molar-refractivity contribution in [3.05, 3.63) is 58.7 Å². The number of fused-ring (bicyclic) bond motifs is 1. The molecule has 0 saturated heterocycles. The fourth-order valence-electron chi connectivity index (χ4n) is 3.67. The first-order valence-corrected chi connectivity index (χ1v) is 12.9. The molecule has 1 N–H and O–H groups in total. The van der Waals surface area contributed by atoms with Crippen LogP contribution in [0, 0.1) is 0 Å². The van der Waals surface area contributed by atoms with Crippen molar-refractivity contribution < 1.29 is 40.5 Å². The van der Waals surface area contributed by atoms with Crippen LogP contribution in [0.2, 0.25) is 0 Å². The maximum atomic E-state index is 13.0. The molecule has 0 spiro atoms. The van der Waals surface area contributed by atoms with Crippen LogP contribution in [0.5, 0.6) is 11.5 Å². The van der Waals surface area contributed by atoms with E-state index in [1.807, 2.05) is 24.3 Å². The molecular weight excluding hydrogens is 507 g/mol. The number of benzene rings is 2. The molecule has 2 aromatic carbocycles. The summed E-state index contributed by atoms with van der Waals surface area (Å²) in [5.41, 5.74) is 5.23. The first-order chi connectivity index (χ1) is 15.2. The van der Waals surface area contributed by atoms with Gasteiger partial charge in [-0.15, -0.1) is 0 Å². The van der Waals surface area contributed by atoms with Gasteiger partial charge in [-0.25, -0.2) is 0 Å². The molecule has 168 valence electrons. The van der Waals surface area contributed by atoms with Crippen LogP contribution in [0.15, 0.2) is 39.6 Å². The predicted octanol–water partition coefficient (Wildman–Crippen LogP) is 0.339. The number of carbonyl (C=O) groups excluding carboxylic acids is 1. The van der Waals surface area contributed by atoms with Gasteiger partial charge < -0.3 is 0 Å². The van der Waals surface area contributed by atoms with Crippen molar-refractivity contribution in [2.75, 3.05) is 32.5 Å². The van der Waals surface area contributed by atoms with E-state index < -0.39 is 21.5 Å². The van der Waals surface area contributed by atoms with Gasteiger partial charge in [-0.3, -0.25) is 0 Å². The zero-order valence-corrected chi connectivity index (χ0v) is 20.5. The number of ether oxygens (including phenoxy) is 3. The molecule has 0 fully saturated rings. The molecule has 6 nitrogen and oxygen atoms in total. The van der Waals surface area contributed by atoms with Crippen molar-refractivity contribution in [1.29, 1.82) is 0 Å². The third kappa shape index (κ3) is 6.43. The van der Waals surface area contributed by atoms with Crippen LogP contribution < -0.4 is 36.3 Å². The van der Waals surface area contributed by atoms with Gasteiger partial charge in [0.2, 0.25) is 0 Å². The van der Waals surface area contributed by atoms with E-state index in [0.29, 0.717) is 34.8 Å². The molecule has 0 atom stereocenters. The van der Waals surface area contributed by atoms with Gasteiger partial charge in [0.25, 0.3) is 0 Å². The summed E-state index contributed by atoms with van der Waals surface area (Å²) >= 11 is -0.586. The predicted molar refractivity (Wildman–Crippen MR) is 118 cm³/mol. The van der Waals surface area contributed by atoms with Crippen molar-refractivity contribution in [1.82, 2.24) is 5.32 Å². The molecule has 2 aromatic rings. The number of methoxy groups -OCH3 is 3. The summed E-state index contributed by atoms with van der Waals surface area (Å²) < 4.78 is 21.1. The fourth-order valence-corrected chi connectivity index (χ4v) is 4.93. The van der Waals surface area contributed by atoms with Crippen LogP contribution in [-0.2, 0) is 28.8 Å². The van der Waals surface area contributed by atoms with Crippen LogP contribution in [0.25, 0.3) is 0 Å². The van der Waals surface area contributed by atoms with Crippen molar-refractivity contribution in [2.45, 2.75) is 32.1 Å². The van der Waals surface area contributed by atoms with Gasteiger partial charge in [-0.1, -0.05) is 0 Å². The molecule has 0 heterocycles. The number of hydrogen-bond donors (Lipinski definition) is 1. The second-order valence-corrected chi connectivity index (χ2v) is 9.12. The number of halogens is 1. The minimum atomic E-state index is -0.586. The third-order valence-electron chi connectivity index (χ3n) is 5.29. The van der Waals surface area contributed by atoms with E-state index in [-0.39, 0.29) is 5.91 Å². The summed E-state index contributed by atoms with van der Waals surface area (Å²) in [6.45, 7) is 0.515. The van der Waals surface area contributed by atoms with Gasteiger partial charge in [0.1, 0.15) is 0 Å². The van der Waals surface area contributed by atoms with Crippen molar-refractivity contribution >= 4 is 11.6 Å². The number of nitrogens with one attached hydrogen (secondary N) is 1. The average Bonchev–Trinajstić information content (AvgIpc) is 2.81. The molecule has 0 radical (unpaired) electrons. The number of carbonyl (C=O) groups is 1. The molecule has 7 heteroatoms. The molecule has 1 aliphatic carbocycles. The maximum absolute atomic E-state index is 13.0. The number of nitrogens with zero attached hydrogens (tertiary/aromatic N) is 1. The normalized spacial score (nSPS) is 13.6. The van der Waals surface area contributed by atoms with Crippen LogP contribution in [0.4, 0.5) is 0 Å². The Kier molecular flexibility index (Phi) is 9.14. The third-order valence-corrected chi connectivity index (χ3v) is 7.01. The quantitative estimate of drug-likeness (QED) is 0.206. The van der Waals surface area contributed by atoms with Gasteiger partial charge in [-0.2, -0.15) is 0 Å². The number of hydrogen-bond acceptors (Lipinski definition) is 5. The van der Waals surface area contributed by atoms with E-state index in [2.05, 4.69) is 20.7 Å². The van der Waals surface area contributed by atoms with Gasteiger partial charge in [-0.05, 0) is 0 Å². The molecule has 0 unspecified atom stereocenters. The molecule has 1 amide bonds.